The van der Waals surface area contributed by atoms with Crippen molar-refractivity contribution in [2.24, 2.45) is 5.73 Å². The molecule has 0 aromatic carbocycles. The van der Waals surface area contributed by atoms with Gasteiger partial charge in [-0.2, -0.15) is 0 Å². The molecule has 0 aromatic rings. The number of esters is 1. The Morgan fingerprint density at radius 3 is 2.56 bits per heavy atom. The summed E-state index contributed by atoms with van der Waals surface area (Å²) in [5.41, 5.74) is 4.77. The molecule has 1 amide bonds. The number of nitrogens with two attached hydrogens (primary N) is 1. The second-order valence-corrected chi connectivity index (χ2v) is 3.92. The molecule has 6 heteroatoms. The van der Waals surface area contributed by atoms with E-state index < -0.39 is 23.5 Å². The lowest BCUT2D eigenvalue weighted by Crippen LogP contribution is -2.53. The highest BCUT2D eigenvalue weighted by Gasteiger charge is 2.28. The van der Waals surface area contributed by atoms with Gasteiger partial charge in [0.05, 0.1) is 19.2 Å². The summed E-state index contributed by atoms with van der Waals surface area (Å²) < 4.78 is 4.31. The minimum absolute atomic E-state index is 0.192. The van der Waals surface area contributed by atoms with E-state index in [1.54, 1.807) is 6.92 Å². The summed E-state index contributed by atoms with van der Waals surface area (Å²) in [6.07, 6.45) is -0.0426. The molecule has 4 N–H and O–H groups in total. The molecule has 2 unspecified atom stereocenters. The van der Waals surface area contributed by atoms with Crippen LogP contribution >= 0.6 is 0 Å². The Bertz CT molecular complexity index is 253. The van der Waals surface area contributed by atoms with E-state index in [0.29, 0.717) is 6.42 Å². The Morgan fingerprint density at radius 2 is 2.12 bits per heavy atom. The van der Waals surface area contributed by atoms with Crippen LogP contribution in [0.3, 0.4) is 0 Å². The van der Waals surface area contributed by atoms with Gasteiger partial charge in [0, 0.05) is 0 Å². The van der Waals surface area contributed by atoms with E-state index in [4.69, 9.17) is 5.73 Å². The number of carbonyl (C=O) groups is 2. The van der Waals surface area contributed by atoms with Crippen molar-refractivity contribution in [2.75, 3.05) is 13.7 Å². The lowest BCUT2D eigenvalue weighted by atomic mass is 9.96. The third-order valence-corrected chi connectivity index (χ3v) is 2.22. The van der Waals surface area contributed by atoms with Crippen LogP contribution in [0, 0.1) is 0 Å². The Hall–Kier alpha value is -1.14. The monoisotopic (exact) mass is 232 g/mol. The molecule has 0 radical (unpaired) electrons. The zero-order valence-corrected chi connectivity index (χ0v) is 9.95. The van der Waals surface area contributed by atoms with Crippen molar-refractivity contribution in [3.05, 3.63) is 0 Å². The first-order valence-electron chi connectivity index (χ1n) is 5.18. The van der Waals surface area contributed by atoms with E-state index in [1.807, 2.05) is 6.92 Å². The molecule has 16 heavy (non-hydrogen) atoms. The standard InChI is InChI=1S/C10H20N2O4/c1-4-5-10(2,11)9(15)12-6-7(13)8(14)16-3/h7,13H,4-6,11H2,1-3H3,(H,12,15). The van der Waals surface area contributed by atoms with Crippen LogP contribution in [0.4, 0.5) is 0 Å². The molecular weight excluding hydrogens is 212 g/mol. The van der Waals surface area contributed by atoms with Crippen LogP contribution in [0.1, 0.15) is 26.7 Å². The summed E-state index contributed by atoms with van der Waals surface area (Å²) >= 11 is 0. The van der Waals surface area contributed by atoms with Gasteiger partial charge < -0.3 is 20.9 Å². The number of hydrogen-bond acceptors (Lipinski definition) is 5. The maximum Gasteiger partial charge on any atom is 0.336 e. The van der Waals surface area contributed by atoms with Crippen molar-refractivity contribution < 1.29 is 19.4 Å². The number of nitrogens with one attached hydrogen (secondary N) is 1. The van der Waals surface area contributed by atoms with Crippen LogP contribution in [-0.2, 0) is 14.3 Å². The van der Waals surface area contributed by atoms with Crippen LogP contribution in [0.2, 0.25) is 0 Å². The summed E-state index contributed by atoms with van der Waals surface area (Å²) in [7, 11) is 1.16. The molecule has 0 aliphatic heterocycles. The molecule has 0 fully saturated rings. The Balaban J connectivity index is 4.11. The van der Waals surface area contributed by atoms with Gasteiger partial charge in [0.2, 0.25) is 5.91 Å². The largest absolute Gasteiger partial charge is 0.467 e. The van der Waals surface area contributed by atoms with E-state index in [9.17, 15) is 14.7 Å². The predicted octanol–water partition coefficient (Wildman–Crippen LogP) is -0.846. The average Bonchev–Trinajstić information content (AvgIpc) is 2.23. The molecule has 0 aromatic heterocycles. The third kappa shape index (κ3) is 4.59. The molecule has 0 aliphatic rings. The van der Waals surface area contributed by atoms with Gasteiger partial charge in [0.15, 0.2) is 6.10 Å². The zero-order chi connectivity index (χ0) is 12.8. The van der Waals surface area contributed by atoms with Gasteiger partial charge in [-0.25, -0.2) is 4.79 Å². The number of aliphatic hydroxyl groups excluding tert-OH is 1. The van der Waals surface area contributed by atoms with Gasteiger partial charge in [0.1, 0.15) is 0 Å². The first-order chi connectivity index (χ1) is 7.35. The second kappa shape index (κ2) is 6.44. The van der Waals surface area contributed by atoms with Crippen LogP contribution in [0.15, 0.2) is 0 Å². The lowest BCUT2D eigenvalue weighted by molar-refractivity contribution is -0.150. The van der Waals surface area contributed by atoms with Crippen molar-refractivity contribution in [3.8, 4) is 0 Å². The number of rotatable bonds is 6. The summed E-state index contributed by atoms with van der Waals surface area (Å²) in [5, 5.41) is 11.6. The fraction of sp³-hybridized carbons (Fsp3) is 0.800. The van der Waals surface area contributed by atoms with Gasteiger partial charge in [-0.05, 0) is 13.3 Å². The van der Waals surface area contributed by atoms with E-state index in [2.05, 4.69) is 10.1 Å². The van der Waals surface area contributed by atoms with E-state index in [0.717, 1.165) is 13.5 Å². The van der Waals surface area contributed by atoms with Gasteiger partial charge in [-0.15, -0.1) is 0 Å². The van der Waals surface area contributed by atoms with Crippen molar-refractivity contribution in [2.45, 2.75) is 38.3 Å². The van der Waals surface area contributed by atoms with Crippen LogP contribution in [-0.4, -0.2) is 42.3 Å². The quantitative estimate of drug-likeness (QED) is 0.518. The van der Waals surface area contributed by atoms with Crippen LogP contribution in [0.5, 0.6) is 0 Å². The fourth-order valence-electron chi connectivity index (χ4n) is 1.24. The highest BCUT2D eigenvalue weighted by atomic mass is 16.5. The van der Waals surface area contributed by atoms with Crippen LogP contribution < -0.4 is 11.1 Å². The lowest BCUT2D eigenvalue weighted by Gasteiger charge is -2.23. The minimum Gasteiger partial charge on any atom is -0.467 e. The smallest absolute Gasteiger partial charge is 0.336 e. The predicted molar refractivity (Wildman–Crippen MR) is 58.5 cm³/mol. The maximum absolute atomic E-state index is 11.6. The summed E-state index contributed by atoms with van der Waals surface area (Å²) in [6.45, 7) is 3.33. The maximum atomic E-state index is 11.6. The normalized spacial score (nSPS) is 16.1. The second-order valence-electron chi connectivity index (χ2n) is 3.92. The number of ether oxygens (including phenoxy) is 1. The summed E-state index contributed by atoms with van der Waals surface area (Å²) in [5.74, 6) is -1.17. The Labute approximate surface area is 95.1 Å². The molecule has 0 aliphatic carbocycles. The molecule has 0 rings (SSSR count). The third-order valence-electron chi connectivity index (χ3n) is 2.22. The Morgan fingerprint density at radius 1 is 1.56 bits per heavy atom. The van der Waals surface area contributed by atoms with Crippen molar-refractivity contribution >= 4 is 11.9 Å². The number of aliphatic hydroxyl groups is 1. The highest BCUT2D eigenvalue weighted by Crippen LogP contribution is 2.08. The zero-order valence-electron chi connectivity index (χ0n) is 9.95. The summed E-state index contributed by atoms with van der Waals surface area (Å²) in [4.78, 5) is 22.4. The number of carbonyl (C=O) groups excluding carboxylic acids is 2. The fourth-order valence-corrected chi connectivity index (χ4v) is 1.24. The first-order valence-corrected chi connectivity index (χ1v) is 5.18. The number of methoxy groups -OCH3 is 1. The van der Waals surface area contributed by atoms with Crippen molar-refractivity contribution in [1.29, 1.82) is 0 Å². The van der Waals surface area contributed by atoms with Gasteiger partial charge in [0.25, 0.3) is 0 Å². The first kappa shape index (κ1) is 14.9. The molecule has 0 saturated heterocycles. The SMILES string of the molecule is CCCC(C)(N)C(=O)NCC(O)C(=O)OC. The molecule has 6 nitrogen and oxygen atoms in total. The van der Waals surface area contributed by atoms with E-state index in [1.165, 1.54) is 0 Å². The summed E-state index contributed by atoms with van der Waals surface area (Å²) in [6, 6.07) is 0. The molecular formula is C10H20N2O4. The Kier molecular flexibility index (Phi) is 5.98. The molecule has 0 spiro atoms. The van der Waals surface area contributed by atoms with E-state index in [-0.39, 0.29) is 6.54 Å². The number of amides is 1. The average molecular weight is 232 g/mol. The molecule has 0 saturated carbocycles. The topological polar surface area (TPSA) is 102 Å². The van der Waals surface area contributed by atoms with Gasteiger partial charge in [-0.1, -0.05) is 13.3 Å². The van der Waals surface area contributed by atoms with E-state index >= 15 is 0 Å². The molecule has 0 bridgehead atoms. The van der Waals surface area contributed by atoms with Gasteiger partial charge in [-0.3, -0.25) is 4.79 Å². The number of hydrogen-bond donors (Lipinski definition) is 3. The molecule has 94 valence electrons. The molecule has 2 atom stereocenters. The minimum atomic E-state index is -1.36. The van der Waals surface area contributed by atoms with Crippen molar-refractivity contribution in [1.82, 2.24) is 5.32 Å². The van der Waals surface area contributed by atoms with Crippen LogP contribution in [0.25, 0.3) is 0 Å². The van der Waals surface area contributed by atoms with Gasteiger partial charge >= 0.3 is 5.97 Å². The van der Waals surface area contributed by atoms with Crippen molar-refractivity contribution in [3.63, 3.8) is 0 Å². The highest BCUT2D eigenvalue weighted by molar-refractivity contribution is 5.86. The molecule has 0 heterocycles.